The van der Waals surface area contributed by atoms with Gasteiger partial charge >= 0.3 is 5.97 Å². The average molecular weight is 400 g/mol. The maximum Gasteiger partial charge on any atom is 0.330 e. The SMILES string of the molecule is C#Cc1cccc(C(=O)N=C2Cc3ccc(/C=C/C(=O)OCC)cc3N2CCC)c1. The molecule has 0 bridgehead atoms. The molecule has 0 aliphatic carbocycles. The average Bonchev–Trinajstić information content (AvgIpc) is 3.09. The van der Waals surface area contributed by atoms with Crippen LogP contribution in [-0.2, 0) is 16.0 Å². The highest BCUT2D eigenvalue weighted by molar-refractivity contribution is 6.12. The summed E-state index contributed by atoms with van der Waals surface area (Å²) in [4.78, 5) is 30.8. The van der Waals surface area contributed by atoms with Crippen LogP contribution in [0.5, 0.6) is 0 Å². The van der Waals surface area contributed by atoms with Gasteiger partial charge < -0.3 is 9.64 Å². The number of ether oxygens (including phenoxy) is 1. The van der Waals surface area contributed by atoms with Gasteiger partial charge in [0.15, 0.2) is 0 Å². The Balaban J connectivity index is 1.88. The molecular weight excluding hydrogens is 376 g/mol. The van der Waals surface area contributed by atoms with Crippen molar-refractivity contribution >= 4 is 29.5 Å². The third-order valence-corrected chi connectivity index (χ3v) is 4.71. The number of esters is 1. The number of nitrogens with zero attached hydrogens (tertiary/aromatic N) is 2. The van der Waals surface area contributed by atoms with Crippen LogP contribution in [0.25, 0.3) is 6.08 Å². The Kier molecular flexibility index (Phi) is 6.82. The number of benzene rings is 2. The highest BCUT2D eigenvalue weighted by Crippen LogP contribution is 2.31. The minimum Gasteiger partial charge on any atom is -0.463 e. The summed E-state index contributed by atoms with van der Waals surface area (Å²) < 4.78 is 4.93. The van der Waals surface area contributed by atoms with Crippen LogP contribution in [0.1, 0.15) is 47.3 Å². The van der Waals surface area contributed by atoms with Crippen molar-refractivity contribution in [2.24, 2.45) is 4.99 Å². The van der Waals surface area contributed by atoms with Crippen molar-refractivity contribution in [3.8, 4) is 12.3 Å². The zero-order valence-corrected chi connectivity index (χ0v) is 17.2. The number of amidine groups is 1. The molecule has 2 aromatic carbocycles. The lowest BCUT2D eigenvalue weighted by Gasteiger charge is -2.19. The molecule has 0 fully saturated rings. The van der Waals surface area contributed by atoms with Crippen molar-refractivity contribution in [3.63, 3.8) is 0 Å². The molecule has 2 aromatic rings. The van der Waals surface area contributed by atoms with E-state index < -0.39 is 0 Å². The first kappa shape index (κ1) is 21.1. The minimum absolute atomic E-state index is 0.307. The predicted octanol–water partition coefficient (Wildman–Crippen LogP) is 4.26. The summed E-state index contributed by atoms with van der Waals surface area (Å²) in [5.41, 5.74) is 4.12. The van der Waals surface area contributed by atoms with Gasteiger partial charge in [-0.15, -0.1) is 6.42 Å². The molecule has 0 spiro atoms. The van der Waals surface area contributed by atoms with Crippen LogP contribution in [-0.4, -0.2) is 30.9 Å². The van der Waals surface area contributed by atoms with Gasteiger partial charge in [0.2, 0.25) is 0 Å². The van der Waals surface area contributed by atoms with Crippen LogP contribution in [0, 0.1) is 12.3 Å². The molecule has 3 rings (SSSR count). The van der Waals surface area contributed by atoms with Gasteiger partial charge in [0.1, 0.15) is 5.84 Å². The second-order valence-electron chi connectivity index (χ2n) is 6.86. The lowest BCUT2D eigenvalue weighted by atomic mass is 10.1. The van der Waals surface area contributed by atoms with Crippen LogP contribution in [0.2, 0.25) is 0 Å². The largest absolute Gasteiger partial charge is 0.463 e. The maximum atomic E-state index is 12.7. The van der Waals surface area contributed by atoms with Crippen molar-refractivity contribution in [3.05, 3.63) is 70.8 Å². The van der Waals surface area contributed by atoms with Gasteiger partial charge in [0, 0.05) is 35.9 Å². The molecule has 0 saturated heterocycles. The van der Waals surface area contributed by atoms with Crippen LogP contribution in [0.3, 0.4) is 0 Å². The topological polar surface area (TPSA) is 59.0 Å². The molecule has 1 aliphatic heterocycles. The summed E-state index contributed by atoms with van der Waals surface area (Å²) in [6.45, 7) is 4.94. The molecule has 0 radical (unpaired) electrons. The lowest BCUT2D eigenvalue weighted by Crippen LogP contribution is -2.28. The molecule has 0 saturated carbocycles. The van der Waals surface area contributed by atoms with Crippen LogP contribution >= 0.6 is 0 Å². The fraction of sp³-hybridized carbons (Fsp3) is 0.240. The molecular formula is C25H24N2O3. The van der Waals surface area contributed by atoms with Crippen molar-refractivity contribution in [1.82, 2.24) is 0 Å². The highest BCUT2D eigenvalue weighted by Gasteiger charge is 2.26. The molecule has 0 aromatic heterocycles. The quantitative estimate of drug-likeness (QED) is 0.413. The van der Waals surface area contributed by atoms with Crippen LogP contribution in [0.4, 0.5) is 5.69 Å². The van der Waals surface area contributed by atoms with E-state index in [1.807, 2.05) is 18.2 Å². The smallest absolute Gasteiger partial charge is 0.330 e. The third kappa shape index (κ3) is 4.84. The Morgan fingerprint density at radius 3 is 2.80 bits per heavy atom. The molecule has 0 N–H and O–H groups in total. The predicted molar refractivity (Wildman–Crippen MR) is 120 cm³/mol. The van der Waals surface area contributed by atoms with Gasteiger partial charge in [-0.3, -0.25) is 4.79 Å². The summed E-state index contributed by atoms with van der Waals surface area (Å²) in [6, 6.07) is 12.9. The Bertz CT molecular complexity index is 1060. The summed E-state index contributed by atoms with van der Waals surface area (Å²) in [5.74, 6) is 2.58. The molecule has 5 nitrogen and oxygen atoms in total. The van der Waals surface area contributed by atoms with E-state index in [2.05, 4.69) is 22.7 Å². The standard InChI is InChI=1S/C25H24N2O3/c1-4-14-27-22-16-19(11-13-24(28)30-6-3)10-12-20(22)17-23(27)26-25(29)21-9-7-8-18(5-2)15-21/h2,7-13,15-16H,4,6,14,17H2,1,3H3/b13-11+,26-23?. The number of aliphatic imine (C=N–C) groups is 1. The van der Waals surface area contributed by atoms with Gasteiger partial charge in [-0.1, -0.05) is 31.0 Å². The zero-order chi connectivity index (χ0) is 21.5. The van der Waals surface area contributed by atoms with E-state index in [-0.39, 0.29) is 11.9 Å². The summed E-state index contributed by atoms with van der Waals surface area (Å²) in [5, 5.41) is 0. The van der Waals surface area contributed by atoms with Gasteiger partial charge in [-0.2, -0.15) is 4.99 Å². The molecule has 30 heavy (non-hydrogen) atoms. The summed E-state index contributed by atoms with van der Waals surface area (Å²) in [7, 11) is 0. The molecule has 1 heterocycles. The molecule has 0 atom stereocenters. The second-order valence-corrected chi connectivity index (χ2v) is 6.86. The Morgan fingerprint density at radius 1 is 1.23 bits per heavy atom. The molecule has 1 aliphatic rings. The highest BCUT2D eigenvalue weighted by atomic mass is 16.5. The normalized spacial score (nSPS) is 14.0. The lowest BCUT2D eigenvalue weighted by molar-refractivity contribution is -0.137. The summed E-state index contributed by atoms with van der Waals surface area (Å²) in [6.07, 6.45) is 10.1. The second kappa shape index (κ2) is 9.71. The van der Waals surface area contributed by atoms with Crippen molar-refractivity contribution < 1.29 is 14.3 Å². The van der Waals surface area contributed by atoms with Crippen molar-refractivity contribution in [2.45, 2.75) is 26.7 Å². The van der Waals surface area contributed by atoms with E-state index in [0.717, 1.165) is 35.6 Å². The first-order chi connectivity index (χ1) is 14.5. The monoisotopic (exact) mass is 400 g/mol. The number of rotatable bonds is 6. The van der Waals surface area contributed by atoms with E-state index in [1.165, 1.54) is 6.08 Å². The maximum absolute atomic E-state index is 12.7. The zero-order valence-electron chi connectivity index (χ0n) is 17.2. The fourth-order valence-electron chi connectivity index (χ4n) is 3.34. The first-order valence-corrected chi connectivity index (χ1v) is 9.99. The number of carbonyl (C=O) groups excluding carboxylic acids is 2. The van der Waals surface area contributed by atoms with Gasteiger partial charge in [-0.05, 0) is 54.8 Å². The number of anilines is 1. The number of amides is 1. The number of hydrogen-bond acceptors (Lipinski definition) is 3. The van der Waals surface area contributed by atoms with E-state index in [9.17, 15) is 9.59 Å². The number of fused-ring (bicyclic) bond motifs is 1. The third-order valence-electron chi connectivity index (χ3n) is 4.71. The van der Waals surface area contributed by atoms with E-state index in [0.29, 0.717) is 24.2 Å². The van der Waals surface area contributed by atoms with Crippen LogP contribution < -0.4 is 4.90 Å². The number of hydrogen-bond donors (Lipinski definition) is 0. The van der Waals surface area contributed by atoms with Gasteiger partial charge in [-0.25, -0.2) is 4.79 Å². The Hall–Kier alpha value is -3.65. The number of carbonyl (C=O) groups is 2. The van der Waals surface area contributed by atoms with E-state index >= 15 is 0 Å². The molecule has 1 amide bonds. The minimum atomic E-state index is -0.370. The fourth-order valence-corrected chi connectivity index (χ4v) is 3.34. The number of terminal acetylenes is 1. The molecule has 152 valence electrons. The van der Waals surface area contributed by atoms with E-state index in [1.54, 1.807) is 37.3 Å². The van der Waals surface area contributed by atoms with E-state index in [4.69, 9.17) is 11.2 Å². The van der Waals surface area contributed by atoms with Crippen molar-refractivity contribution in [1.29, 1.82) is 0 Å². The molecule has 0 unspecified atom stereocenters. The Morgan fingerprint density at radius 2 is 2.07 bits per heavy atom. The Labute approximate surface area is 177 Å². The van der Waals surface area contributed by atoms with Crippen LogP contribution in [0.15, 0.2) is 53.5 Å². The van der Waals surface area contributed by atoms with Gasteiger partial charge in [0.25, 0.3) is 5.91 Å². The van der Waals surface area contributed by atoms with Gasteiger partial charge in [0.05, 0.1) is 6.61 Å². The summed E-state index contributed by atoms with van der Waals surface area (Å²) >= 11 is 0. The molecule has 5 heteroatoms. The first-order valence-electron chi connectivity index (χ1n) is 9.99. The van der Waals surface area contributed by atoms with Crippen molar-refractivity contribution in [2.75, 3.05) is 18.1 Å².